The van der Waals surface area contributed by atoms with E-state index in [1.54, 1.807) is 36.4 Å². The molecule has 0 N–H and O–H groups in total. The van der Waals surface area contributed by atoms with Gasteiger partial charge in [-0.25, -0.2) is 0 Å². The van der Waals surface area contributed by atoms with Crippen LogP contribution in [0.3, 0.4) is 0 Å². The molecule has 1 aromatic heterocycles. The number of fused-ring (bicyclic) bond motifs is 1. The molecule has 3 rings (SSSR count). The topological polar surface area (TPSA) is 30.2 Å². The van der Waals surface area contributed by atoms with Gasteiger partial charge in [-0.05, 0) is 30.3 Å². The van der Waals surface area contributed by atoms with Gasteiger partial charge in [-0.15, -0.1) is 0 Å². The Morgan fingerprint density at radius 2 is 1.74 bits per heavy atom. The summed E-state index contributed by atoms with van der Waals surface area (Å²) in [7, 11) is 0. The molecule has 0 spiro atoms. The standard InChI is InChI=1S/C15H8Cl2O2/c16-9-5-6-10(12(17)7-9)15-8-13(18)11-3-1-2-4-14(11)19-15/h1-8H. The maximum Gasteiger partial charge on any atom is 0.193 e. The molecule has 0 saturated carbocycles. The van der Waals surface area contributed by atoms with E-state index in [9.17, 15) is 4.79 Å². The molecule has 0 aliphatic heterocycles. The van der Waals surface area contributed by atoms with E-state index < -0.39 is 0 Å². The quantitative estimate of drug-likeness (QED) is 0.646. The summed E-state index contributed by atoms with van der Waals surface area (Å²) in [4.78, 5) is 12.0. The SMILES string of the molecule is O=c1cc(-c2ccc(Cl)cc2Cl)oc2ccccc12. The molecule has 1 heterocycles. The second-order valence-corrected chi connectivity index (χ2v) is 4.94. The molecule has 0 aliphatic carbocycles. The van der Waals surface area contributed by atoms with Gasteiger partial charge in [-0.3, -0.25) is 4.79 Å². The van der Waals surface area contributed by atoms with Gasteiger partial charge in [0.1, 0.15) is 11.3 Å². The molecule has 0 aliphatic rings. The van der Waals surface area contributed by atoms with Crippen molar-refractivity contribution in [1.29, 1.82) is 0 Å². The highest BCUT2D eigenvalue weighted by atomic mass is 35.5. The normalized spacial score (nSPS) is 10.8. The van der Waals surface area contributed by atoms with Crippen molar-refractivity contribution in [3.8, 4) is 11.3 Å². The van der Waals surface area contributed by atoms with Crippen molar-refractivity contribution in [2.24, 2.45) is 0 Å². The first-order chi connectivity index (χ1) is 9.15. The van der Waals surface area contributed by atoms with E-state index in [-0.39, 0.29) is 5.43 Å². The molecule has 0 bridgehead atoms. The highest BCUT2D eigenvalue weighted by Gasteiger charge is 2.10. The van der Waals surface area contributed by atoms with Crippen LogP contribution in [0.15, 0.2) is 57.7 Å². The van der Waals surface area contributed by atoms with Crippen molar-refractivity contribution in [3.05, 3.63) is 68.8 Å². The van der Waals surface area contributed by atoms with Gasteiger partial charge in [-0.1, -0.05) is 35.3 Å². The zero-order valence-electron chi connectivity index (χ0n) is 9.69. The Morgan fingerprint density at radius 3 is 2.53 bits per heavy atom. The van der Waals surface area contributed by atoms with Crippen LogP contribution in [-0.4, -0.2) is 0 Å². The van der Waals surface area contributed by atoms with Crippen molar-refractivity contribution >= 4 is 34.2 Å². The molecule has 0 unspecified atom stereocenters. The summed E-state index contributed by atoms with van der Waals surface area (Å²) in [6, 6.07) is 13.6. The van der Waals surface area contributed by atoms with Crippen molar-refractivity contribution < 1.29 is 4.42 Å². The lowest BCUT2D eigenvalue weighted by atomic mass is 10.1. The molecular formula is C15H8Cl2O2. The Hall–Kier alpha value is -1.77. The smallest absolute Gasteiger partial charge is 0.193 e. The number of rotatable bonds is 1. The van der Waals surface area contributed by atoms with Crippen LogP contribution in [0.1, 0.15) is 0 Å². The van der Waals surface area contributed by atoms with Crippen LogP contribution in [0, 0.1) is 0 Å². The van der Waals surface area contributed by atoms with Gasteiger partial charge in [0.25, 0.3) is 0 Å². The van der Waals surface area contributed by atoms with E-state index in [1.807, 2.05) is 6.07 Å². The minimum atomic E-state index is -0.0946. The van der Waals surface area contributed by atoms with Crippen LogP contribution in [0.25, 0.3) is 22.3 Å². The van der Waals surface area contributed by atoms with Crippen molar-refractivity contribution in [1.82, 2.24) is 0 Å². The van der Waals surface area contributed by atoms with Crippen LogP contribution in [0.5, 0.6) is 0 Å². The highest BCUT2D eigenvalue weighted by molar-refractivity contribution is 6.36. The van der Waals surface area contributed by atoms with Crippen molar-refractivity contribution in [2.45, 2.75) is 0 Å². The molecule has 2 nitrogen and oxygen atoms in total. The molecule has 4 heteroatoms. The molecule has 19 heavy (non-hydrogen) atoms. The first-order valence-corrected chi connectivity index (χ1v) is 6.39. The van der Waals surface area contributed by atoms with Gasteiger partial charge in [0, 0.05) is 16.7 Å². The van der Waals surface area contributed by atoms with E-state index >= 15 is 0 Å². The lowest BCUT2D eigenvalue weighted by molar-refractivity contribution is 0.619. The second kappa shape index (κ2) is 4.72. The molecule has 0 fully saturated rings. The summed E-state index contributed by atoms with van der Waals surface area (Å²) < 4.78 is 5.72. The fourth-order valence-corrected chi connectivity index (χ4v) is 2.43. The van der Waals surface area contributed by atoms with E-state index in [2.05, 4.69) is 0 Å². The fraction of sp³-hybridized carbons (Fsp3) is 0. The summed E-state index contributed by atoms with van der Waals surface area (Å²) in [6.45, 7) is 0. The average Bonchev–Trinajstić information content (AvgIpc) is 2.38. The minimum absolute atomic E-state index is 0.0946. The van der Waals surface area contributed by atoms with Crippen molar-refractivity contribution in [2.75, 3.05) is 0 Å². The van der Waals surface area contributed by atoms with Gasteiger partial charge in [0.15, 0.2) is 5.43 Å². The predicted molar refractivity (Wildman–Crippen MR) is 77.9 cm³/mol. The highest BCUT2D eigenvalue weighted by Crippen LogP contribution is 2.30. The number of para-hydroxylation sites is 1. The molecule has 0 saturated heterocycles. The Kier molecular flexibility index (Phi) is 3.05. The molecule has 2 aromatic carbocycles. The zero-order chi connectivity index (χ0) is 13.4. The summed E-state index contributed by atoms with van der Waals surface area (Å²) in [6.07, 6.45) is 0. The number of hydrogen-bond acceptors (Lipinski definition) is 2. The minimum Gasteiger partial charge on any atom is -0.456 e. The predicted octanol–water partition coefficient (Wildman–Crippen LogP) is 4.77. The van der Waals surface area contributed by atoms with Gasteiger partial charge < -0.3 is 4.42 Å². The third-order valence-corrected chi connectivity index (χ3v) is 3.38. The van der Waals surface area contributed by atoms with Crippen LogP contribution in [0.4, 0.5) is 0 Å². The maximum absolute atomic E-state index is 12.0. The number of hydrogen-bond donors (Lipinski definition) is 0. The van der Waals surface area contributed by atoms with Crippen LogP contribution in [0.2, 0.25) is 10.0 Å². The summed E-state index contributed by atoms with van der Waals surface area (Å²) in [5.74, 6) is 0.436. The maximum atomic E-state index is 12.0. The van der Waals surface area contributed by atoms with Crippen LogP contribution in [-0.2, 0) is 0 Å². The summed E-state index contributed by atoms with van der Waals surface area (Å²) >= 11 is 12.0. The molecule has 3 aromatic rings. The third kappa shape index (κ3) is 2.25. The lowest BCUT2D eigenvalue weighted by Gasteiger charge is -2.05. The van der Waals surface area contributed by atoms with Crippen LogP contribution < -0.4 is 5.43 Å². The van der Waals surface area contributed by atoms with Gasteiger partial charge in [-0.2, -0.15) is 0 Å². The fourth-order valence-electron chi connectivity index (χ4n) is 1.93. The van der Waals surface area contributed by atoms with E-state index in [0.29, 0.717) is 32.3 Å². The summed E-state index contributed by atoms with van der Waals surface area (Å²) in [5.41, 5.74) is 1.09. The largest absolute Gasteiger partial charge is 0.456 e. The Bertz CT molecular complexity index is 822. The Balaban J connectivity index is 2.28. The molecule has 0 amide bonds. The molecule has 94 valence electrons. The molecular weight excluding hydrogens is 283 g/mol. The van der Waals surface area contributed by atoms with Crippen LogP contribution >= 0.6 is 23.2 Å². The lowest BCUT2D eigenvalue weighted by Crippen LogP contribution is -2.00. The van der Waals surface area contributed by atoms with E-state index in [1.165, 1.54) is 6.07 Å². The monoisotopic (exact) mass is 290 g/mol. The molecule has 0 atom stereocenters. The Morgan fingerprint density at radius 1 is 0.947 bits per heavy atom. The van der Waals surface area contributed by atoms with E-state index in [4.69, 9.17) is 27.6 Å². The van der Waals surface area contributed by atoms with Gasteiger partial charge in [0.2, 0.25) is 0 Å². The Labute approximate surface area is 119 Å². The molecule has 0 radical (unpaired) electrons. The number of halogens is 2. The van der Waals surface area contributed by atoms with Gasteiger partial charge >= 0.3 is 0 Å². The first kappa shape index (κ1) is 12.3. The van der Waals surface area contributed by atoms with Gasteiger partial charge in [0.05, 0.1) is 10.4 Å². The first-order valence-electron chi connectivity index (χ1n) is 5.63. The zero-order valence-corrected chi connectivity index (χ0v) is 11.2. The van der Waals surface area contributed by atoms with Crippen molar-refractivity contribution in [3.63, 3.8) is 0 Å². The third-order valence-electron chi connectivity index (χ3n) is 2.83. The second-order valence-electron chi connectivity index (χ2n) is 4.10. The van der Waals surface area contributed by atoms with E-state index in [0.717, 1.165) is 0 Å². The average molecular weight is 291 g/mol. The number of benzene rings is 2. The summed E-state index contributed by atoms with van der Waals surface area (Å²) in [5, 5.41) is 1.54.